The highest BCUT2D eigenvalue weighted by atomic mass is 19.4. The zero-order valence-electron chi connectivity index (χ0n) is 12.3. The summed E-state index contributed by atoms with van der Waals surface area (Å²) in [6.07, 6.45) is -5.06. The number of benzene rings is 1. The number of alkyl halides is 3. The number of hydrogen-bond donors (Lipinski definition) is 2. The van der Waals surface area contributed by atoms with E-state index in [1.807, 2.05) is 25.1 Å². The number of methoxy groups -OCH3 is 1. The lowest BCUT2D eigenvalue weighted by Gasteiger charge is -2.13. The third-order valence-electron chi connectivity index (χ3n) is 2.84. The fraction of sp³-hybridized carbons (Fsp3) is 0.500. The summed E-state index contributed by atoms with van der Waals surface area (Å²) >= 11 is 0. The van der Waals surface area contributed by atoms with Crippen molar-refractivity contribution in [2.24, 2.45) is 4.99 Å². The molecular weight excluding hydrogens is 283 g/mol. The van der Waals surface area contributed by atoms with Crippen LogP contribution < -0.4 is 15.4 Å². The Kier molecular flexibility index (Phi) is 6.33. The van der Waals surface area contributed by atoms with Crippen molar-refractivity contribution >= 4 is 5.96 Å². The third-order valence-corrected chi connectivity index (χ3v) is 2.84. The topological polar surface area (TPSA) is 45.7 Å². The molecule has 0 saturated carbocycles. The van der Waals surface area contributed by atoms with E-state index in [0.29, 0.717) is 12.5 Å². The van der Waals surface area contributed by atoms with Crippen molar-refractivity contribution in [2.75, 3.05) is 20.7 Å². The van der Waals surface area contributed by atoms with Crippen LogP contribution in [-0.2, 0) is 6.54 Å². The van der Waals surface area contributed by atoms with Crippen molar-refractivity contribution in [1.82, 2.24) is 10.6 Å². The van der Waals surface area contributed by atoms with E-state index in [-0.39, 0.29) is 6.54 Å². The standard InChI is InChI=1S/C14H20F3N3O/c1-10-8-11(4-5-12(10)21-3)9-20-13(18-2)19-7-6-14(15,16)17/h4-5,8H,6-7,9H2,1-3H3,(H2,18,19,20). The zero-order chi connectivity index (χ0) is 15.9. The van der Waals surface area contributed by atoms with Gasteiger partial charge >= 0.3 is 6.18 Å². The summed E-state index contributed by atoms with van der Waals surface area (Å²) in [4.78, 5) is 3.88. The van der Waals surface area contributed by atoms with E-state index < -0.39 is 12.6 Å². The van der Waals surface area contributed by atoms with Crippen molar-refractivity contribution in [3.05, 3.63) is 29.3 Å². The second-order valence-corrected chi connectivity index (χ2v) is 4.52. The van der Waals surface area contributed by atoms with Gasteiger partial charge in [0, 0.05) is 20.1 Å². The molecule has 7 heteroatoms. The van der Waals surface area contributed by atoms with Gasteiger partial charge in [-0.3, -0.25) is 4.99 Å². The van der Waals surface area contributed by atoms with Crippen LogP contribution in [0.2, 0.25) is 0 Å². The molecule has 2 N–H and O–H groups in total. The summed E-state index contributed by atoms with van der Waals surface area (Å²) in [5.74, 6) is 1.14. The molecule has 0 aliphatic carbocycles. The van der Waals surface area contributed by atoms with Crippen LogP contribution in [0, 0.1) is 6.92 Å². The Morgan fingerprint density at radius 2 is 2.00 bits per heavy atom. The van der Waals surface area contributed by atoms with E-state index in [9.17, 15) is 13.2 Å². The largest absolute Gasteiger partial charge is 0.496 e. The average Bonchev–Trinajstić information content (AvgIpc) is 2.41. The molecule has 0 spiro atoms. The van der Waals surface area contributed by atoms with Crippen LogP contribution in [0.4, 0.5) is 13.2 Å². The van der Waals surface area contributed by atoms with E-state index in [0.717, 1.165) is 16.9 Å². The molecule has 0 bridgehead atoms. The summed E-state index contributed by atoms with van der Waals surface area (Å²) in [7, 11) is 3.12. The lowest BCUT2D eigenvalue weighted by molar-refractivity contribution is -0.132. The van der Waals surface area contributed by atoms with Gasteiger partial charge in [0.15, 0.2) is 5.96 Å². The van der Waals surface area contributed by atoms with Gasteiger partial charge in [0.25, 0.3) is 0 Å². The van der Waals surface area contributed by atoms with E-state index in [2.05, 4.69) is 15.6 Å². The molecule has 0 atom stereocenters. The van der Waals surface area contributed by atoms with Crippen LogP contribution in [0.5, 0.6) is 5.75 Å². The summed E-state index contributed by atoms with van der Waals surface area (Å²) in [5, 5.41) is 5.59. The maximum atomic E-state index is 12.1. The number of rotatable bonds is 5. The minimum absolute atomic E-state index is 0.204. The number of aliphatic imine (C=N–C) groups is 1. The highest BCUT2D eigenvalue weighted by molar-refractivity contribution is 5.79. The maximum absolute atomic E-state index is 12.1. The van der Waals surface area contributed by atoms with Crippen LogP contribution in [0.15, 0.2) is 23.2 Å². The summed E-state index contributed by atoms with van der Waals surface area (Å²) in [5.41, 5.74) is 1.99. The lowest BCUT2D eigenvalue weighted by Crippen LogP contribution is -2.38. The van der Waals surface area contributed by atoms with Crippen molar-refractivity contribution in [2.45, 2.75) is 26.1 Å². The first-order valence-electron chi connectivity index (χ1n) is 6.50. The van der Waals surface area contributed by atoms with Gasteiger partial charge in [0.05, 0.1) is 13.5 Å². The van der Waals surface area contributed by atoms with Crippen LogP contribution in [0.25, 0.3) is 0 Å². The molecule has 0 heterocycles. The fourth-order valence-corrected chi connectivity index (χ4v) is 1.78. The molecule has 0 amide bonds. The number of nitrogens with zero attached hydrogens (tertiary/aromatic N) is 1. The molecule has 0 fully saturated rings. The second-order valence-electron chi connectivity index (χ2n) is 4.52. The van der Waals surface area contributed by atoms with Gasteiger partial charge in [0.1, 0.15) is 5.75 Å². The Morgan fingerprint density at radius 3 is 2.52 bits per heavy atom. The molecule has 1 aromatic rings. The highest BCUT2D eigenvalue weighted by Crippen LogP contribution is 2.19. The van der Waals surface area contributed by atoms with Crippen LogP contribution in [0.3, 0.4) is 0 Å². The Bertz CT molecular complexity index is 487. The van der Waals surface area contributed by atoms with E-state index in [4.69, 9.17) is 4.74 Å². The second kappa shape index (κ2) is 7.75. The van der Waals surface area contributed by atoms with Crippen molar-refractivity contribution < 1.29 is 17.9 Å². The number of nitrogens with one attached hydrogen (secondary N) is 2. The molecule has 118 valence electrons. The Balaban J connectivity index is 2.47. The van der Waals surface area contributed by atoms with E-state index in [1.54, 1.807) is 7.11 Å². The van der Waals surface area contributed by atoms with Gasteiger partial charge in [0.2, 0.25) is 0 Å². The predicted molar refractivity (Wildman–Crippen MR) is 76.6 cm³/mol. The minimum Gasteiger partial charge on any atom is -0.496 e. The molecular formula is C14H20F3N3O. The van der Waals surface area contributed by atoms with Crippen molar-refractivity contribution in [3.63, 3.8) is 0 Å². The number of hydrogen-bond acceptors (Lipinski definition) is 2. The first kappa shape index (κ1) is 17.1. The third kappa shape index (κ3) is 6.37. The van der Waals surface area contributed by atoms with Gasteiger partial charge in [-0.25, -0.2) is 0 Å². The fourth-order valence-electron chi connectivity index (χ4n) is 1.78. The van der Waals surface area contributed by atoms with Gasteiger partial charge < -0.3 is 15.4 Å². The van der Waals surface area contributed by atoms with Crippen LogP contribution >= 0.6 is 0 Å². The van der Waals surface area contributed by atoms with E-state index in [1.165, 1.54) is 7.05 Å². The van der Waals surface area contributed by atoms with Crippen molar-refractivity contribution in [3.8, 4) is 5.75 Å². The Hall–Kier alpha value is -1.92. The molecule has 1 aromatic carbocycles. The molecule has 0 aliphatic rings. The zero-order valence-corrected chi connectivity index (χ0v) is 12.3. The molecule has 0 aliphatic heterocycles. The number of guanidine groups is 1. The highest BCUT2D eigenvalue weighted by Gasteiger charge is 2.26. The minimum atomic E-state index is -4.17. The molecule has 0 radical (unpaired) electrons. The lowest BCUT2D eigenvalue weighted by atomic mass is 10.1. The summed E-state index contributed by atoms with van der Waals surface area (Å²) in [6, 6.07) is 5.70. The Labute approximate surface area is 122 Å². The van der Waals surface area contributed by atoms with Gasteiger partial charge in [-0.1, -0.05) is 12.1 Å². The van der Waals surface area contributed by atoms with Crippen LogP contribution in [-0.4, -0.2) is 32.8 Å². The number of ether oxygens (including phenoxy) is 1. The molecule has 0 saturated heterocycles. The number of halogens is 3. The predicted octanol–water partition coefficient (Wildman–Crippen LogP) is 2.62. The Morgan fingerprint density at radius 1 is 1.29 bits per heavy atom. The molecule has 0 aromatic heterocycles. The van der Waals surface area contributed by atoms with Gasteiger partial charge in [-0.05, 0) is 24.1 Å². The maximum Gasteiger partial charge on any atom is 0.390 e. The summed E-state index contributed by atoms with van der Waals surface area (Å²) in [6.45, 7) is 2.19. The first-order chi connectivity index (χ1) is 9.85. The first-order valence-corrected chi connectivity index (χ1v) is 6.50. The SMILES string of the molecule is CN=C(NCCC(F)(F)F)NCc1ccc(OC)c(C)c1. The van der Waals surface area contributed by atoms with Crippen LogP contribution in [0.1, 0.15) is 17.5 Å². The molecule has 1 rings (SSSR count). The van der Waals surface area contributed by atoms with E-state index >= 15 is 0 Å². The number of aryl methyl sites for hydroxylation is 1. The molecule has 21 heavy (non-hydrogen) atoms. The smallest absolute Gasteiger partial charge is 0.390 e. The molecule has 0 unspecified atom stereocenters. The molecule has 4 nitrogen and oxygen atoms in total. The monoisotopic (exact) mass is 303 g/mol. The average molecular weight is 303 g/mol. The van der Waals surface area contributed by atoms with Gasteiger partial charge in [-0.2, -0.15) is 13.2 Å². The van der Waals surface area contributed by atoms with Crippen molar-refractivity contribution in [1.29, 1.82) is 0 Å². The normalized spacial score (nSPS) is 12.2. The quantitative estimate of drug-likeness (QED) is 0.649. The summed E-state index contributed by atoms with van der Waals surface area (Å²) < 4.78 is 41.4. The van der Waals surface area contributed by atoms with Gasteiger partial charge in [-0.15, -0.1) is 0 Å².